The fraction of sp³-hybridized carbons (Fsp3) is 0.393. The van der Waals surface area contributed by atoms with Crippen LogP contribution in [-0.4, -0.2) is 21.0 Å². The zero-order valence-electron chi connectivity index (χ0n) is 19.3. The van der Waals surface area contributed by atoms with Gasteiger partial charge in [-0.1, -0.05) is 74.0 Å². The summed E-state index contributed by atoms with van der Waals surface area (Å²) in [5, 5.41) is 13.3. The number of fused-ring (bicyclic) bond motifs is 3. The van der Waals surface area contributed by atoms with Gasteiger partial charge < -0.3 is 10.4 Å². The van der Waals surface area contributed by atoms with Gasteiger partial charge in [0.25, 0.3) is 0 Å². The number of nitrogens with zero attached hydrogens (tertiary/aromatic N) is 2. The number of nitrogens with one attached hydrogen (secondary N) is 1. The van der Waals surface area contributed by atoms with Crippen molar-refractivity contribution in [2.24, 2.45) is 5.92 Å². The molecule has 1 fully saturated rings. The van der Waals surface area contributed by atoms with E-state index in [-0.39, 0.29) is 18.9 Å². The van der Waals surface area contributed by atoms with Crippen molar-refractivity contribution >= 4 is 23.3 Å². The molecule has 3 aromatic rings. The second kappa shape index (κ2) is 10.2. The number of carbonyl (C=O) groups is 1. The molecule has 5 nitrogen and oxygen atoms in total. The molecule has 1 amide bonds. The number of anilines is 1. The van der Waals surface area contributed by atoms with Crippen molar-refractivity contribution in [1.82, 2.24) is 9.97 Å². The van der Waals surface area contributed by atoms with E-state index in [1.54, 1.807) is 12.1 Å². The third-order valence-corrected chi connectivity index (χ3v) is 7.27. The Morgan fingerprint density at radius 3 is 2.53 bits per heavy atom. The topological polar surface area (TPSA) is 75.1 Å². The van der Waals surface area contributed by atoms with Gasteiger partial charge in [0.15, 0.2) is 5.82 Å². The number of aryl methyl sites for hydroxylation is 2. The molecule has 6 heteroatoms. The van der Waals surface area contributed by atoms with Gasteiger partial charge in [-0.05, 0) is 54.0 Å². The lowest BCUT2D eigenvalue weighted by molar-refractivity contribution is -0.115. The van der Waals surface area contributed by atoms with Crippen LogP contribution in [0.2, 0.25) is 5.02 Å². The van der Waals surface area contributed by atoms with Gasteiger partial charge in [0.05, 0.1) is 30.1 Å². The highest BCUT2D eigenvalue weighted by Crippen LogP contribution is 2.35. The first-order valence-corrected chi connectivity index (χ1v) is 12.6. The highest BCUT2D eigenvalue weighted by atomic mass is 35.5. The Morgan fingerprint density at radius 2 is 1.76 bits per heavy atom. The molecule has 1 saturated carbocycles. The number of halogens is 1. The maximum absolute atomic E-state index is 12.9. The van der Waals surface area contributed by atoms with Crippen molar-refractivity contribution in [2.75, 3.05) is 5.32 Å². The maximum Gasteiger partial charge on any atom is 0.229 e. The summed E-state index contributed by atoms with van der Waals surface area (Å²) in [6.07, 6.45) is 8.95. The number of aromatic nitrogens is 2. The van der Waals surface area contributed by atoms with E-state index in [1.165, 1.54) is 37.7 Å². The Balaban J connectivity index is 1.46. The normalized spacial score (nSPS) is 15.5. The van der Waals surface area contributed by atoms with E-state index < -0.39 is 0 Å². The van der Waals surface area contributed by atoms with Gasteiger partial charge in [0, 0.05) is 10.6 Å². The zero-order valence-corrected chi connectivity index (χ0v) is 20.1. The number of rotatable bonds is 6. The minimum Gasteiger partial charge on any atom is -0.392 e. The predicted molar refractivity (Wildman–Crippen MR) is 135 cm³/mol. The van der Waals surface area contributed by atoms with E-state index in [1.807, 2.05) is 18.2 Å². The summed E-state index contributed by atoms with van der Waals surface area (Å²) in [6.45, 7) is 0.0390. The molecule has 0 saturated heterocycles. The van der Waals surface area contributed by atoms with Crippen molar-refractivity contribution in [3.8, 4) is 11.3 Å². The molecular formula is C28H30ClN3O2. The summed E-state index contributed by atoms with van der Waals surface area (Å²) in [5.74, 6) is 1.09. The highest BCUT2D eigenvalue weighted by molar-refractivity contribution is 6.30. The first kappa shape index (κ1) is 23.0. The Labute approximate surface area is 205 Å². The second-order valence-electron chi connectivity index (χ2n) is 9.52. The van der Waals surface area contributed by atoms with Gasteiger partial charge in [0.1, 0.15) is 0 Å². The van der Waals surface area contributed by atoms with Crippen LogP contribution in [0.5, 0.6) is 0 Å². The van der Waals surface area contributed by atoms with Crippen molar-refractivity contribution in [1.29, 1.82) is 0 Å². The molecule has 2 N–H and O–H groups in total. The third-order valence-electron chi connectivity index (χ3n) is 7.02. The first-order chi connectivity index (χ1) is 16.6. The van der Waals surface area contributed by atoms with E-state index in [2.05, 4.69) is 17.4 Å². The molecule has 0 bridgehead atoms. The van der Waals surface area contributed by atoms with Crippen molar-refractivity contribution in [3.05, 3.63) is 75.6 Å². The average Bonchev–Trinajstić information content (AvgIpc) is 2.86. The van der Waals surface area contributed by atoms with E-state index in [0.717, 1.165) is 53.0 Å². The Morgan fingerprint density at radius 1 is 1.00 bits per heavy atom. The monoisotopic (exact) mass is 475 g/mol. The molecule has 1 heterocycles. The standard InChI is InChI=1S/C28H30ClN3O2/c29-22-10-6-19(7-11-22)16-26(34)32-28-25(15-18-4-2-1-3-5-18)30-27-23-12-8-20(17-33)14-21(23)9-13-24(27)31-28/h6-8,10-12,14,18,33H,1-5,9,13,15-17H2,(H,31,32,34). The first-order valence-electron chi connectivity index (χ1n) is 12.3. The van der Waals surface area contributed by atoms with Crippen LogP contribution in [0.1, 0.15) is 60.2 Å². The SMILES string of the molecule is O=C(Cc1ccc(Cl)cc1)Nc1nc2c(nc1CC1CCCCC1)-c1ccc(CO)cc1CC2. The lowest BCUT2D eigenvalue weighted by Crippen LogP contribution is -2.21. The van der Waals surface area contributed by atoms with Gasteiger partial charge in [-0.25, -0.2) is 9.97 Å². The van der Waals surface area contributed by atoms with Gasteiger partial charge in [-0.3, -0.25) is 4.79 Å². The van der Waals surface area contributed by atoms with E-state index >= 15 is 0 Å². The highest BCUT2D eigenvalue weighted by Gasteiger charge is 2.25. The number of benzene rings is 2. The molecule has 5 rings (SSSR count). The molecule has 34 heavy (non-hydrogen) atoms. The third kappa shape index (κ3) is 5.16. The molecule has 1 aromatic heterocycles. The van der Waals surface area contributed by atoms with Crippen LogP contribution in [0.3, 0.4) is 0 Å². The van der Waals surface area contributed by atoms with Crippen molar-refractivity contribution < 1.29 is 9.90 Å². The van der Waals surface area contributed by atoms with Crippen molar-refractivity contribution in [2.45, 2.75) is 64.4 Å². The van der Waals surface area contributed by atoms with E-state index in [0.29, 0.717) is 16.8 Å². The molecular weight excluding hydrogens is 446 g/mol. The summed E-state index contributed by atoms with van der Waals surface area (Å²) in [5.41, 5.74) is 6.87. The molecule has 2 aliphatic carbocycles. The van der Waals surface area contributed by atoms with Crippen molar-refractivity contribution in [3.63, 3.8) is 0 Å². The average molecular weight is 476 g/mol. The van der Waals surface area contributed by atoms with Crippen LogP contribution in [0.25, 0.3) is 11.3 Å². The van der Waals surface area contributed by atoms with Crippen LogP contribution in [0.15, 0.2) is 42.5 Å². The number of aliphatic hydroxyl groups is 1. The van der Waals surface area contributed by atoms with Gasteiger partial charge in [-0.2, -0.15) is 0 Å². The number of amides is 1. The summed E-state index contributed by atoms with van der Waals surface area (Å²) >= 11 is 5.98. The predicted octanol–water partition coefficient (Wildman–Crippen LogP) is 5.69. The molecule has 0 spiro atoms. The van der Waals surface area contributed by atoms with Gasteiger partial charge in [-0.15, -0.1) is 0 Å². The summed E-state index contributed by atoms with van der Waals surface area (Å²) < 4.78 is 0. The number of carbonyl (C=O) groups excluding carboxylic acids is 1. The fourth-order valence-corrected chi connectivity index (χ4v) is 5.33. The smallest absolute Gasteiger partial charge is 0.229 e. The quantitative estimate of drug-likeness (QED) is 0.480. The minimum absolute atomic E-state index is 0.0390. The Bertz CT molecular complexity index is 1190. The van der Waals surface area contributed by atoms with E-state index in [9.17, 15) is 9.90 Å². The molecule has 176 valence electrons. The minimum atomic E-state index is -0.0923. The van der Waals surface area contributed by atoms with Crippen LogP contribution >= 0.6 is 11.6 Å². The number of hydrogen-bond donors (Lipinski definition) is 2. The lowest BCUT2D eigenvalue weighted by atomic mass is 9.85. The fourth-order valence-electron chi connectivity index (χ4n) is 5.20. The molecule has 0 unspecified atom stereocenters. The second-order valence-corrected chi connectivity index (χ2v) is 9.96. The number of aliphatic hydroxyl groups excluding tert-OH is 1. The zero-order chi connectivity index (χ0) is 23.5. The molecule has 0 atom stereocenters. The summed E-state index contributed by atoms with van der Waals surface area (Å²) in [6, 6.07) is 13.4. The molecule has 2 aromatic carbocycles. The molecule has 0 aliphatic heterocycles. The molecule has 2 aliphatic rings. The summed E-state index contributed by atoms with van der Waals surface area (Å²) in [7, 11) is 0. The van der Waals surface area contributed by atoms with Crippen LogP contribution in [0.4, 0.5) is 5.82 Å². The van der Waals surface area contributed by atoms with Gasteiger partial charge >= 0.3 is 0 Å². The van der Waals surface area contributed by atoms with E-state index in [4.69, 9.17) is 21.6 Å². The number of hydrogen-bond acceptors (Lipinski definition) is 4. The lowest BCUT2D eigenvalue weighted by Gasteiger charge is -2.25. The van der Waals surface area contributed by atoms with Crippen LogP contribution in [-0.2, 0) is 37.1 Å². The summed E-state index contributed by atoms with van der Waals surface area (Å²) in [4.78, 5) is 23.0. The van der Waals surface area contributed by atoms with Crippen LogP contribution < -0.4 is 5.32 Å². The Hall–Kier alpha value is -2.76. The maximum atomic E-state index is 12.9. The molecule has 0 radical (unpaired) electrons. The van der Waals surface area contributed by atoms with Gasteiger partial charge in [0.2, 0.25) is 5.91 Å². The van der Waals surface area contributed by atoms with Crippen LogP contribution in [0, 0.1) is 5.92 Å². The largest absolute Gasteiger partial charge is 0.392 e. The Kier molecular flexibility index (Phi) is 6.93.